The second kappa shape index (κ2) is 5.16. The van der Waals surface area contributed by atoms with E-state index in [1.165, 1.54) is 5.56 Å². The molecule has 0 bridgehead atoms. The number of carbonyl (C=O) groups excluding carboxylic acids is 1. The quantitative estimate of drug-likeness (QED) is 0.633. The number of carbonyl (C=O) groups is 1. The Kier molecular flexibility index (Phi) is 3.34. The lowest BCUT2D eigenvalue weighted by molar-refractivity contribution is -0.144. The summed E-state index contributed by atoms with van der Waals surface area (Å²) in [7, 11) is 0. The Morgan fingerprint density at radius 1 is 1.30 bits per heavy atom. The van der Waals surface area contributed by atoms with Crippen molar-refractivity contribution in [2.45, 2.75) is 50.5 Å². The van der Waals surface area contributed by atoms with Crippen LogP contribution >= 0.6 is 0 Å². The summed E-state index contributed by atoms with van der Waals surface area (Å²) in [6.07, 6.45) is 1.36. The molecule has 3 heterocycles. The van der Waals surface area contributed by atoms with Gasteiger partial charge in [-0.05, 0) is 31.9 Å². The predicted octanol–water partition coefficient (Wildman–Crippen LogP) is 2.05. The van der Waals surface area contributed by atoms with Crippen molar-refractivity contribution in [1.82, 2.24) is 0 Å². The lowest BCUT2D eigenvalue weighted by Gasteiger charge is -2.17. The second-order valence-corrected chi connectivity index (χ2v) is 6.69. The highest BCUT2D eigenvalue weighted by molar-refractivity contribution is 6.00. The van der Waals surface area contributed by atoms with Gasteiger partial charge in [-0.2, -0.15) is 0 Å². The summed E-state index contributed by atoms with van der Waals surface area (Å²) < 4.78 is 17.3. The minimum absolute atomic E-state index is 0.0102. The Bertz CT molecular complexity index is 656. The SMILES string of the molecule is C=C[C@H]1OC(C)(C)O[C@@H]1[C@H]1O[C@@H]1C(=O)N1CCc2ccccc21. The summed E-state index contributed by atoms with van der Waals surface area (Å²) in [6.45, 7) is 8.22. The Labute approximate surface area is 135 Å². The van der Waals surface area contributed by atoms with Gasteiger partial charge in [0.15, 0.2) is 11.9 Å². The lowest BCUT2D eigenvalue weighted by atomic mass is 10.1. The number of nitrogens with zero attached hydrogens (tertiary/aromatic N) is 1. The van der Waals surface area contributed by atoms with Gasteiger partial charge in [-0.25, -0.2) is 0 Å². The fraction of sp³-hybridized carbons (Fsp3) is 0.500. The van der Waals surface area contributed by atoms with E-state index in [2.05, 4.69) is 12.6 Å². The lowest BCUT2D eigenvalue weighted by Crippen LogP contribution is -2.37. The highest BCUT2D eigenvalue weighted by Crippen LogP contribution is 2.40. The van der Waals surface area contributed by atoms with Crippen LogP contribution in [0.25, 0.3) is 0 Å². The van der Waals surface area contributed by atoms with E-state index in [0.29, 0.717) is 6.54 Å². The zero-order chi connectivity index (χ0) is 16.2. The standard InChI is InChI=1S/C18H21NO4/c1-4-13-14(23-18(2,3)22-13)15-16(21-15)17(20)19-10-9-11-7-5-6-8-12(11)19/h4-8,13-16H,1,9-10H2,2-3H3/t13-,14+,15-,16+/m1/s1. The number of epoxide rings is 1. The number of anilines is 1. The maximum atomic E-state index is 12.8. The van der Waals surface area contributed by atoms with E-state index in [-0.39, 0.29) is 24.2 Å². The molecule has 1 amide bonds. The molecule has 23 heavy (non-hydrogen) atoms. The van der Waals surface area contributed by atoms with Crippen molar-refractivity contribution in [1.29, 1.82) is 0 Å². The van der Waals surface area contributed by atoms with Crippen molar-refractivity contribution in [2.24, 2.45) is 0 Å². The number of para-hydroxylation sites is 1. The zero-order valence-electron chi connectivity index (χ0n) is 13.4. The smallest absolute Gasteiger partial charge is 0.258 e. The van der Waals surface area contributed by atoms with Crippen LogP contribution in [0.1, 0.15) is 19.4 Å². The molecular weight excluding hydrogens is 294 g/mol. The van der Waals surface area contributed by atoms with Crippen molar-refractivity contribution in [3.63, 3.8) is 0 Å². The number of amides is 1. The highest BCUT2D eigenvalue weighted by Gasteiger charge is 2.58. The van der Waals surface area contributed by atoms with Gasteiger partial charge in [-0.1, -0.05) is 24.3 Å². The predicted molar refractivity (Wildman–Crippen MR) is 85.2 cm³/mol. The Hall–Kier alpha value is -1.69. The number of rotatable bonds is 3. The van der Waals surface area contributed by atoms with Crippen LogP contribution in [-0.2, 0) is 25.4 Å². The van der Waals surface area contributed by atoms with Gasteiger partial charge < -0.3 is 19.1 Å². The average molecular weight is 315 g/mol. The third kappa shape index (κ3) is 2.49. The van der Waals surface area contributed by atoms with Crippen molar-refractivity contribution in [3.05, 3.63) is 42.5 Å². The van der Waals surface area contributed by atoms with Gasteiger partial charge in [0, 0.05) is 12.2 Å². The molecule has 122 valence electrons. The van der Waals surface area contributed by atoms with Crippen LogP contribution in [0.2, 0.25) is 0 Å². The molecule has 1 aromatic carbocycles. The summed E-state index contributed by atoms with van der Waals surface area (Å²) in [5.41, 5.74) is 2.21. The van der Waals surface area contributed by atoms with Gasteiger partial charge in [0.2, 0.25) is 0 Å². The maximum Gasteiger partial charge on any atom is 0.258 e. The summed E-state index contributed by atoms with van der Waals surface area (Å²) in [4.78, 5) is 14.6. The summed E-state index contributed by atoms with van der Waals surface area (Å²) in [5, 5.41) is 0. The van der Waals surface area contributed by atoms with Crippen LogP contribution in [0.3, 0.4) is 0 Å². The van der Waals surface area contributed by atoms with Crippen LogP contribution in [0.4, 0.5) is 5.69 Å². The monoisotopic (exact) mass is 315 g/mol. The molecule has 3 aliphatic heterocycles. The van der Waals surface area contributed by atoms with Crippen LogP contribution in [-0.4, -0.2) is 42.7 Å². The molecule has 2 fully saturated rings. The van der Waals surface area contributed by atoms with Crippen molar-refractivity contribution in [3.8, 4) is 0 Å². The fourth-order valence-corrected chi connectivity index (χ4v) is 3.55. The van der Waals surface area contributed by atoms with Crippen LogP contribution in [0.15, 0.2) is 36.9 Å². The molecule has 0 N–H and O–H groups in total. The van der Waals surface area contributed by atoms with Crippen LogP contribution < -0.4 is 4.90 Å². The molecule has 0 spiro atoms. The number of benzene rings is 1. The molecule has 0 aliphatic carbocycles. The van der Waals surface area contributed by atoms with Crippen LogP contribution in [0, 0.1) is 0 Å². The number of fused-ring (bicyclic) bond motifs is 1. The molecule has 5 heteroatoms. The number of ether oxygens (including phenoxy) is 3. The van der Waals surface area contributed by atoms with Crippen molar-refractivity contribution < 1.29 is 19.0 Å². The first-order valence-corrected chi connectivity index (χ1v) is 8.03. The maximum absolute atomic E-state index is 12.8. The molecule has 1 aromatic rings. The van der Waals surface area contributed by atoms with E-state index in [1.54, 1.807) is 6.08 Å². The molecule has 0 radical (unpaired) electrons. The number of hydrogen-bond acceptors (Lipinski definition) is 4. The topological polar surface area (TPSA) is 51.3 Å². The fourth-order valence-electron chi connectivity index (χ4n) is 3.55. The molecule has 0 unspecified atom stereocenters. The van der Waals surface area contributed by atoms with Gasteiger partial charge in [0.25, 0.3) is 5.91 Å². The normalized spacial score (nSPS) is 34.3. The molecule has 2 saturated heterocycles. The van der Waals surface area contributed by atoms with Gasteiger partial charge in [-0.3, -0.25) is 4.79 Å². The largest absolute Gasteiger partial charge is 0.356 e. The highest BCUT2D eigenvalue weighted by atomic mass is 16.8. The summed E-state index contributed by atoms with van der Waals surface area (Å²) in [5.74, 6) is -0.667. The Morgan fingerprint density at radius 2 is 2.09 bits per heavy atom. The average Bonchev–Trinajstić information content (AvgIpc) is 3.10. The minimum atomic E-state index is -0.677. The van der Waals surface area contributed by atoms with Crippen molar-refractivity contribution >= 4 is 11.6 Å². The number of hydrogen-bond donors (Lipinski definition) is 0. The third-order valence-corrected chi connectivity index (χ3v) is 4.64. The van der Waals surface area contributed by atoms with E-state index >= 15 is 0 Å². The Balaban J connectivity index is 1.48. The third-order valence-electron chi connectivity index (χ3n) is 4.64. The summed E-state index contributed by atoms with van der Waals surface area (Å²) in [6, 6.07) is 8.02. The first-order valence-electron chi connectivity index (χ1n) is 8.03. The van der Waals surface area contributed by atoms with E-state index in [1.807, 2.05) is 36.9 Å². The van der Waals surface area contributed by atoms with E-state index in [9.17, 15) is 4.79 Å². The second-order valence-electron chi connectivity index (χ2n) is 6.69. The van der Waals surface area contributed by atoms with E-state index < -0.39 is 11.9 Å². The molecule has 4 rings (SSSR count). The molecule has 4 atom stereocenters. The van der Waals surface area contributed by atoms with Crippen LogP contribution in [0.5, 0.6) is 0 Å². The minimum Gasteiger partial charge on any atom is -0.356 e. The van der Waals surface area contributed by atoms with E-state index in [4.69, 9.17) is 14.2 Å². The van der Waals surface area contributed by atoms with E-state index in [0.717, 1.165) is 12.1 Å². The van der Waals surface area contributed by atoms with Crippen molar-refractivity contribution in [2.75, 3.05) is 11.4 Å². The molecule has 0 aromatic heterocycles. The first kappa shape index (κ1) is 14.9. The molecule has 5 nitrogen and oxygen atoms in total. The summed E-state index contributed by atoms with van der Waals surface area (Å²) >= 11 is 0. The molecular formula is C18H21NO4. The Morgan fingerprint density at radius 3 is 2.87 bits per heavy atom. The zero-order valence-corrected chi connectivity index (χ0v) is 13.4. The van der Waals surface area contributed by atoms with Gasteiger partial charge in [0.1, 0.15) is 18.3 Å². The molecule has 3 aliphatic rings. The molecule has 0 saturated carbocycles. The van der Waals surface area contributed by atoms with Gasteiger partial charge in [-0.15, -0.1) is 6.58 Å². The first-order chi connectivity index (χ1) is 11.0. The van der Waals surface area contributed by atoms with Gasteiger partial charge >= 0.3 is 0 Å². The van der Waals surface area contributed by atoms with Gasteiger partial charge in [0.05, 0.1) is 0 Å².